The third-order valence-electron chi connectivity index (χ3n) is 5.61. The molecule has 2 aromatic rings. The van der Waals surface area contributed by atoms with E-state index in [1.165, 1.54) is 0 Å². The van der Waals surface area contributed by atoms with E-state index in [-0.39, 0.29) is 8.61 Å². The van der Waals surface area contributed by atoms with Gasteiger partial charge >= 0.3 is 5.66 Å². The normalized spacial score (nSPS) is 17.1. The summed E-state index contributed by atoms with van der Waals surface area (Å²) in [5, 5.41) is 45.7. The van der Waals surface area contributed by atoms with Gasteiger partial charge in [-0.15, -0.1) is 0 Å². The number of hydrogen-bond donors (Lipinski definition) is 0. The molecule has 19 nitrogen and oxygen atoms in total. The Morgan fingerprint density at radius 1 is 0.615 bits per heavy atom. The van der Waals surface area contributed by atoms with Crippen LogP contribution in [0.4, 0.5) is 11.4 Å². The fourth-order valence-corrected chi connectivity index (χ4v) is 6.52. The van der Waals surface area contributed by atoms with Crippen molar-refractivity contribution in [3.8, 4) is 0 Å². The predicted octanol–water partition coefficient (Wildman–Crippen LogP) is 0.0170. The average Bonchev–Trinajstić information content (AvgIpc) is 2.85. The van der Waals surface area contributed by atoms with Crippen molar-refractivity contribution >= 4 is 37.2 Å². The van der Waals surface area contributed by atoms with E-state index in [0.29, 0.717) is 0 Å². The summed E-state index contributed by atoms with van der Waals surface area (Å²) in [7, 11) is -9.77. The third-order valence-corrected chi connectivity index (χ3v) is 9.23. The Bertz CT molecular complexity index is 1460. The molecule has 21 heteroatoms. The van der Waals surface area contributed by atoms with Crippen LogP contribution >= 0.6 is 0 Å². The summed E-state index contributed by atoms with van der Waals surface area (Å²) in [6.07, 6.45) is 0. The monoisotopic (exact) mass is 588 g/mol. The molecule has 1 aliphatic heterocycles. The molecule has 0 radical (unpaired) electrons. The lowest BCUT2D eigenvalue weighted by atomic mass is 10.1. The molecule has 1 aliphatic rings. The van der Waals surface area contributed by atoms with Crippen molar-refractivity contribution in [2.24, 2.45) is 0 Å². The Morgan fingerprint density at radius 3 is 1.18 bits per heavy atom. The molecule has 0 bridgehead atoms. The lowest BCUT2D eigenvalue weighted by Crippen LogP contribution is -2.65. The van der Waals surface area contributed by atoms with Gasteiger partial charge in [0.15, 0.2) is 18.9 Å². The number of sulfonamides is 2. The SMILES string of the molecule is O=C1CN(S(=O)(=O)c2ccc([N+](=O)[O-])cc2)CC([N+](=O)[O-])([N+](=O)[O-])CN(S(=O)(=O)c2ccc([N+](=O)[O-])cc2)C1. The first-order chi connectivity index (χ1) is 18.0. The summed E-state index contributed by atoms with van der Waals surface area (Å²) < 4.78 is 53.0. The maximum atomic E-state index is 13.2. The topological polar surface area (TPSA) is 264 Å². The van der Waals surface area contributed by atoms with Gasteiger partial charge in [0.25, 0.3) is 11.4 Å². The fourth-order valence-electron chi connectivity index (χ4n) is 3.59. The quantitative estimate of drug-likeness (QED) is 0.224. The van der Waals surface area contributed by atoms with E-state index in [1.807, 2.05) is 0 Å². The minimum atomic E-state index is -4.88. The van der Waals surface area contributed by atoms with Gasteiger partial charge in [0, 0.05) is 24.3 Å². The van der Waals surface area contributed by atoms with Crippen molar-refractivity contribution in [1.82, 2.24) is 8.61 Å². The lowest BCUT2D eigenvalue weighted by Gasteiger charge is -2.32. The lowest BCUT2D eigenvalue weighted by molar-refractivity contribution is -0.794. The molecule has 2 aromatic carbocycles. The van der Waals surface area contributed by atoms with Crippen molar-refractivity contribution in [3.63, 3.8) is 0 Å². The molecule has 39 heavy (non-hydrogen) atoms. The summed E-state index contributed by atoms with van der Waals surface area (Å²) in [5.74, 6) is -1.12. The van der Waals surface area contributed by atoms with Crippen molar-refractivity contribution in [2.45, 2.75) is 15.5 Å². The van der Waals surface area contributed by atoms with Crippen LogP contribution in [0.2, 0.25) is 0 Å². The number of non-ortho nitro benzene ring substituents is 2. The Balaban J connectivity index is 2.08. The largest absolute Gasteiger partial charge is 0.484 e. The highest BCUT2D eigenvalue weighted by Gasteiger charge is 2.62. The molecule has 1 heterocycles. The maximum Gasteiger partial charge on any atom is 0.484 e. The molecule has 3 rings (SSSR count). The van der Waals surface area contributed by atoms with E-state index in [1.54, 1.807) is 0 Å². The zero-order chi connectivity index (χ0) is 29.3. The van der Waals surface area contributed by atoms with Crippen LogP contribution in [0.5, 0.6) is 0 Å². The van der Waals surface area contributed by atoms with Gasteiger partial charge in [0.05, 0.1) is 32.7 Å². The van der Waals surface area contributed by atoms with E-state index in [9.17, 15) is 62.1 Å². The number of nitro benzene ring substituents is 2. The van der Waals surface area contributed by atoms with Crippen molar-refractivity contribution < 1.29 is 41.3 Å². The molecule has 0 saturated carbocycles. The molecule has 0 amide bonds. The number of nitro groups is 4. The standard InChI is InChI=1S/C18H16N6O13S2/c25-15-9-19(38(34,35)16-5-1-13(2-6-16)21(26)27)11-18(23(30)31,24(32)33)12-20(10-15)39(36,37)17-7-3-14(4-8-17)22(28)29/h1-8H,9-12H2. The van der Waals surface area contributed by atoms with Crippen LogP contribution in [-0.2, 0) is 24.8 Å². The van der Waals surface area contributed by atoms with Gasteiger partial charge in [-0.2, -0.15) is 8.61 Å². The first-order valence-corrected chi connectivity index (χ1v) is 13.2. The second kappa shape index (κ2) is 10.4. The minimum Gasteiger partial charge on any atom is -0.297 e. The number of Topliss-reactive ketones (excluding diaryl/α,β-unsaturated/α-hetero) is 1. The molecule has 0 spiro atoms. The highest BCUT2D eigenvalue weighted by Crippen LogP contribution is 2.28. The number of ketones is 1. The van der Waals surface area contributed by atoms with Crippen molar-refractivity contribution in [3.05, 3.63) is 89.0 Å². The Hall–Kier alpha value is -4.47. The van der Waals surface area contributed by atoms with Crippen LogP contribution in [0.15, 0.2) is 58.3 Å². The van der Waals surface area contributed by atoms with Crippen LogP contribution < -0.4 is 0 Å². The van der Waals surface area contributed by atoms with E-state index >= 15 is 0 Å². The summed E-state index contributed by atoms with van der Waals surface area (Å²) in [6.45, 7) is -5.58. The van der Waals surface area contributed by atoms with Crippen LogP contribution in [0, 0.1) is 40.5 Å². The van der Waals surface area contributed by atoms with Crippen molar-refractivity contribution in [1.29, 1.82) is 0 Å². The van der Waals surface area contributed by atoms with Gasteiger partial charge in [0.1, 0.15) is 9.85 Å². The summed E-state index contributed by atoms with van der Waals surface area (Å²) in [6, 6.07) is 6.25. The van der Waals surface area contributed by atoms with Crippen LogP contribution in [0.1, 0.15) is 0 Å². The zero-order valence-electron chi connectivity index (χ0n) is 19.3. The van der Waals surface area contributed by atoms with Gasteiger partial charge in [-0.1, -0.05) is 0 Å². The summed E-state index contributed by atoms with van der Waals surface area (Å²) in [5.41, 5.74) is -4.51. The van der Waals surface area contributed by atoms with E-state index in [4.69, 9.17) is 0 Å². The smallest absolute Gasteiger partial charge is 0.297 e. The summed E-state index contributed by atoms with van der Waals surface area (Å²) >= 11 is 0. The first kappa shape index (κ1) is 29.1. The number of hydrogen-bond acceptors (Lipinski definition) is 13. The molecular weight excluding hydrogens is 572 g/mol. The highest BCUT2D eigenvalue weighted by atomic mass is 32.2. The zero-order valence-corrected chi connectivity index (χ0v) is 20.9. The van der Waals surface area contributed by atoms with E-state index in [0.717, 1.165) is 48.5 Å². The van der Waals surface area contributed by atoms with Crippen molar-refractivity contribution in [2.75, 3.05) is 26.2 Å². The number of rotatable bonds is 8. The molecule has 1 fully saturated rings. The van der Waals surface area contributed by atoms with Gasteiger partial charge < -0.3 is 0 Å². The Labute approximate surface area is 217 Å². The Morgan fingerprint density at radius 2 is 0.923 bits per heavy atom. The predicted molar refractivity (Wildman–Crippen MR) is 125 cm³/mol. The molecular formula is C18H16N6O13S2. The molecule has 0 N–H and O–H groups in total. The number of carbonyl (C=O) groups excluding carboxylic acids is 1. The average molecular weight is 588 g/mol. The third kappa shape index (κ3) is 5.55. The molecule has 208 valence electrons. The van der Waals surface area contributed by atoms with Gasteiger partial charge in [-0.25, -0.2) is 16.8 Å². The molecule has 0 aromatic heterocycles. The molecule has 0 atom stereocenters. The minimum absolute atomic E-state index is 0.137. The van der Waals surface area contributed by atoms with Crippen LogP contribution in [0.3, 0.4) is 0 Å². The molecule has 1 saturated heterocycles. The molecule has 0 aliphatic carbocycles. The van der Waals surface area contributed by atoms with Crippen LogP contribution in [0.25, 0.3) is 0 Å². The highest BCUT2D eigenvalue weighted by molar-refractivity contribution is 7.89. The Kier molecular flexibility index (Phi) is 7.73. The van der Waals surface area contributed by atoms with Gasteiger partial charge in [-0.3, -0.25) is 45.3 Å². The second-order valence-electron chi connectivity index (χ2n) is 8.08. The second-order valence-corrected chi connectivity index (χ2v) is 12.0. The number of carbonyl (C=O) groups is 1. The van der Waals surface area contributed by atoms with Gasteiger partial charge in [0.2, 0.25) is 20.0 Å². The van der Waals surface area contributed by atoms with Gasteiger partial charge in [-0.05, 0) is 24.3 Å². The first-order valence-electron chi connectivity index (χ1n) is 10.3. The fraction of sp³-hybridized carbons (Fsp3) is 0.278. The number of benzene rings is 2. The molecule has 0 unspecified atom stereocenters. The van der Waals surface area contributed by atoms with E-state index in [2.05, 4.69) is 0 Å². The maximum absolute atomic E-state index is 13.2. The van der Waals surface area contributed by atoms with Crippen LogP contribution in [-0.4, -0.2) is 82.8 Å². The summed E-state index contributed by atoms with van der Waals surface area (Å²) in [4.78, 5) is 52.5. The number of nitrogens with zero attached hydrogens (tertiary/aromatic N) is 6. The van der Waals surface area contributed by atoms with E-state index < -0.39 is 98.5 Å².